The van der Waals surface area contributed by atoms with Crippen molar-refractivity contribution in [3.8, 4) is 0 Å². The van der Waals surface area contributed by atoms with Crippen LogP contribution in [0.25, 0.3) is 0 Å². The Morgan fingerprint density at radius 1 is 1.00 bits per heavy atom. The van der Waals surface area contributed by atoms with Crippen molar-refractivity contribution in [2.75, 3.05) is 36.6 Å². The molecule has 0 spiro atoms. The van der Waals surface area contributed by atoms with E-state index in [1.54, 1.807) is 0 Å². The Labute approximate surface area is 85.7 Å². The molecule has 7 heteroatoms. The van der Waals surface area contributed by atoms with E-state index in [-0.39, 0.29) is 17.3 Å². The summed E-state index contributed by atoms with van der Waals surface area (Å²) in [6.45, 7) is 2.97. The van der Waals surface area contributed by atoms with E-state index in [2.05, 4.69) is 5.32 Å². The maximum atomic E-state index is 11.2. The lowest BCUT2D eigenvalue weighted by Crippen LogP contribution is -2.26. The summed E-state index contributed by atoms with van der Waals surface area (Å²) in [6, 6.07) is 0. The molecule has 1 N–H and O–H groups in total. The molecule has 0 rings (SSSR count). The van der Waals surface area contributed by atoms with Crippen LogP contribution in [0.2, 0.25) is 0 Å². The van der Waals surface area contributed by atoms with Gasteiger partial charge in [0.2, 0.25) is 0 Å². The van der Waals surface area contributed by atoms with Crippen LogP contribution >= 0.6 is 0 Å². The molecular weight excluding hydrogens is 226 g/mol. The topological polar surface area (TPSA) is 80.3 Å². The molecule has 0 fully saturated rings. The summed E-state index contributed by atoms with van der Waals surface area (Å²) >= 11 is 0. The van der Waals surface area contributed by atoms with Crippen molar-refractivity contribution in [3.63, 3.8) is 0 Å². The van der Waals surface area contributed by atoms with Crippen LogP contribution in [0.4, 0.5) is 0 Å². The minimum Gasteiger partial charge on any atom is -0.316 e. The van der Waals surface area contributed by atoms with Crippen LogP contribution in [0, 0.1) is 0 Å². The lowest BCUT2D eigenvalue weighted by atomic mass is 10.7. The van der Waals surface area contributed by atoms with Crippen molar-refractivity contribution in [2.45, 2.75) is 6.92 Å². The molecule has 0 aliphatic carbocycles. The zero-order chi connectivity index (χ0) is 11.2. The Morgan fingerprint density at radius 3 is 2.00 bits per heavy atom. The fourth-order valence-corrected chi connectivity index (χ4v) is 3.67. The molecule has 0 unspecified atom stereocenters. The average Bonchev–Trinajstić information content (AvgIpc) is 2.00. The second-order valence-corrected chi connectivity index (χ2v) is 7.70. The molecule has 0 aromatic rings. The van der Waals surface area contributed by atoms with E-state index >= 15 is 0 Å². The zero-order valence-corrected chi connectivity index (χ0v) is 10.1. The third-order valence-corrected chi connectivity index (χ3v) is 4.46. The average molecular weight is 243 g/mol. The maximum Gasteiger partial charge on any atom is 0.152 e. The summed E-state index contributed by atoms with van der Waals surface area (Å²) in [5, 5.41) is 2.87. The SMILES string of the molecule is CCNCCS(=O)(=O)CCS(C)(=O)=O. The summed E-state index contributed by atoms with van der Waals surface area (Å²) in [5.74, 6) is -0.574. The second kappa shape index (κ2) is 5.67. The van der Waals surface area contributed by atoms with E-state index in [0.29, 0.717) is 13.1 Å². The van der Waals surface area contributed by atoms with E-state index in [1.165, 1.54) is 0 Å². The fraction of sp³-hybridized carbons (Fsp3) is 1.00. The van der Waals surface area contributed by atoms with Crippen LogP contribution in [0.3, 0.4) is 0 Å². The molecule has 0 aliphatic heterocycles. The van der Waals surface area contributed by atoms with Crippen LogP contribution in [0.15, 0.2) is 0 Å². The van der Waals surface area contributed by atoms with E-state index in [0.717, 1.165) is 6.26 Å². The van der Waals surface area contributed by atoms with Crippen LogP contribution in [-0.2, 0) is 19.7 Å². The quantitative estimate of drug-likeness (QED) is 0.583. The van der Waals surface area contributed by atoms with Gasteiger partial charge in [0.15, 0.2) is 9.84 Å². The van der Waals surface area contributed by atoms with Crippen molar-refractivity contribution in [1.29, 1.82) is 0 Å². The zero-order valence-electron chi connectivity index (χ0n) is 8.49. The van der Waals surface area contributed by atoms with Gasteiger partial charge in [-0.05, 0) is 6.54 Å². The molecule has 0 saturated heterocycles. The minimum absolute atomic E-state index is 0.00361. The van der Waals surface area contributed by atoms with E-state index in [4.69, 9.17) is 0 Å². The molecule has 0 radical (unpaired) electrons. The Morgan fingerprint density at radius 2 is 1.57 bits per heavy atom. The van der Waals surface area contributed by atoms with Crippen molar-refractivity contribution in [3.05, 3.63) is 0 Å². The molecule has 0 aromatic heterocycles. The van der Waals surface area contributed by atoms with Crippen LogP contribution in [0.5, 0.6) is 0 Å². The summed E-state index contributed by atoms with van der Waals surface area (Å²) in [5.41, 5.74) is 0. The molecule has 0 aliphatic rings. The van der Waals surface area contributed by atoms with Gasteiger partial charge in [-0.15, -0.1) is 0 Å². The summed E-state index contributed by atoms with van der Waals surface area (Å²) in [7, 11) is -6.42. The van der Waals surface area contributed by atoms with Crippen molar-refractivity contribution < 1.29 is 16.8 Å². The molecule has 0 saturated carbocycles. The summed E-state index contributed by atoms with van der Waals surface area (Å²) in [4.78, 5) is 0. The molecular formula is C7H17NO4S2. The lowest BCUT2D eigenvalue weighted by Gasteiger charge is -2.03. The van der Waals surface area contributed by atoms with E-state index in [9.17, 15) is 16.8 Å². The van der Waals surface area contributed by atoms with Gasteiger partial charge in [0.1, 0.15) is 9.84 Å². The van der Waals surface area contributed by atoms with Gasteiger partial charge < -0.3 is 5.32 Å². The highest BCUT2D eigenvalue weighted by molar-refractivity contribution is 7.94. The van der Waals surface area contributed by atoms with Crippen LogP contribution < -0.4 is 5.32 Å². The smallest absolute Gasteiger partial charge is 0.152 e. The first-order valence-electron chi connectivity index (χ1n) is 4.36. The third-order valence-electron chi connectivity index (χ3n) is 1.60. The van der Waals surface area contributed by atoms with Crippen molar-refractivity contribution in [2.24, 2.45) is 0 Å². The summed E-state index contributed by atoms with van der Waals surface area (Å²) in [6.07, 6.45) is 1.03. The highest BCUT2D eigenvalue weighted by Gasteiger charge is 2.13. The van der Waals surface area contributed by atoms with Gasteiger partial charge in [-0.2, -0.15) is 0 Å². The second-order valence-electron chi connectivity index (χ2n) is 3.14. The predicted octanol–water partition coefficient (Wildman–Crippen LogP) is -0.945. The molecule has 0 heterocycles. The van der Waals surface area contributed by atoms with Gasteiger partial charge in [-0.1, -0.05) is 6.92 Å². The Kier molecular flexibility index (Phi) is 5.61. The van der Waals surface area contributed by atoms with Crippen molar-refractivity contribution in [1.82, 2.24) is 5.32 Å². The van der Waals surface area contributed by atoms with Crippen molar-refractivity contribution >= 4 is 19.7 Å². The fourth-order valence-electron chi connectivity index (χ4n) is 0.785. The molecule has 14 heavy (non-hydrogen) atoms. The monoisotopic (exact) mass is 243 g/mol. The standard InChI is InChI=1S/C7H17NO4S2/c1-3-8-4-5-14(11,12)7-6-13(2,9)10/h8H,3-7H2,1-2H3. The number of rotatable bonds is 7. The Balaban J connectivity index is 3.97. The summed E-state index contributed by atoms with van der Waals surface area (Å²) < 4.78 is 44.0. The molecule has 0 aromatic carbocycles. The van der Waals surface area contributed by atoms with Gasteiger partial charge in [-0.3, -0.25) is 0 Å². The highest BCUT2D eigenvalue weighted by Crippen LogP contribution is 1.92. The van der Waals surface area contributed by atoms with E-state index in [1.807, 2.05) is 6.92 Å². The van der Waals surface area contributed by atoms with Gasteiger partial charge >= 0.3 is 0 Å². The molecule has 0 bridgehead atoms. The first-order chi connectivity index (χ1) is 6.27. The van der Waals surface area contributed by atoms with Gasteiger partial charge in [0, 0.05) is 12.8 Å². The molecule has 86 valence electrons. The van der Waals surface area contributed by atoms with E-state index < -0.39 is 19.7 Å². The number of hydrogen-bond donors (Lipinski definition) is 1. The normalized spacial score (nSPS) is 13.0. The van der Waals surface area contributed by atoms with Crippen LogP contribution in [-0.4, -0.2) is 53.4 Å². The van der Waals surface area contributed by atoms with Gasteiger partial charge in [-0.25, -0.2) is 16.8 Å². The first kappa shape index (κ1) is 13.9. The largest absolute Gasteiger partial charge is 0.316 e. The molecule has 0 atom stereocenters. The minimum atomic E-state index is -3.23. The first-order valence-corrected chi connectivity index (χ1v) is 8.24. The molecule has 0 amide bonds. The predicted molar refractivity (Wildman–Crippen MR) is 56.9 cm³/mol. The number of nitrogens with one attached hydrogen (secondary N) is 1. The van der Waals surface area contributed by atoms with Crippen LogP contribution in [0.1, 0.15) is 6.92 Å². The number of hydrogen-bond acceptors (Lipinski definition) is 5. The Bertz CT molecular complexity index is 344. The van der Waals surface area contributed by atoms with Gasteiger partial charge in [0.25, 0.3) is 0 Å². The highest BCUT2D eigenvalue weighted by atomic mass is 32.2. The number of sulfone groups is 2. The third kappa shape index (κ3) is 8.46. The van der Waals surface area contributed by atoms with Gasteiger partial charge in [0.05, 0.1) is 17.3 Å². The maximum absolute atomic E-state index is 11.2. The Hall–Kier alpha value is -0.140. The lowest BCUT2D eigenvalue weighted by molar-refractivity contribution is 0.587. The molecule has 5 nitrogen and oxygen atoms in total.